The first-order valence-electron chi connectivity index (χ1n) is 7.43. The molecule has 0 amide bonds. The van der Waals surface area contributed by atoms with Crippen LogP contribution in [0.15, 0.2) is 42.5 Å². The predicted molar refractivity (Wildman–Crippen MR) is 92.1 cm³/mol. The van der Waals surface area contributed by atoms with Crippen LogP contribution in [0.4, 0.5) is 5.69 Å². The van der Waals surface area contributed by atoms with Crippen molar-refractivity contribution < 1.29 is 14.2 Å². The van der Waals surface area contributed by atoms with Crippen molar-refractivity contribution in [1.82, 2.24) is 0 Å². The summed E-state index contributed by atoms with van der Waals surface area (Å²) in [6.45, 7) is 12.6. The number of hydrogen-bond donors (Lipinski definition) is 0. The fraction of sp³-hybridized carbons (Fsp3) is 0.222. The summed E-state index contributed by atoms with van der Waals surface area (Å²) in [4.78, 5) is 14.7. The zero-order valence-electron chi connectivity index (χ0n) is 13.4. The average molecular weight is 307 g/mol. The third-order valence-corrected chi connectivity index (χ3v) is 3.30. The molecule has 2 aromatic rings. The molecule has 0 saturated carbocycles. The Morgan fingerprint density at radius 1 is 1.13 bits per heavy atom. The van der Waals surface area contributed by atoms with Crippen molar-refractivity contribution in [3.63, 3.8) is 0 Å². The maximum atomic E-state index is 11.4. The van der Waals surface area contributed by atoms with E-state index in [0.29, 0.717) is 22.7 Å². The molecule has 0 atom stereocenters. The lowest BCUT2D eigenvalue weighted by Crippen LogP contribution is -2.35. The zero-order valence-corrected chi connectivity index (χ0v) is 13.4. The molecule has 0 aliphatic carbocycles. The van der Waals surface area contributed by atoms with Gasteiger partial charge in [-0.15, -0.1) is 0 Å². The maximum absolute atomic E-state index is 11.4. The van der Waals surface area contributed by atoms with Crippen molar-refractivity contribution in [2.24, 2.45) is 0 Å². The third-order valence-electron chi connectivity index (χ3n) is 3.30. The van der Waals surface area contributed by atoms with Crippen LogP contribution >= 0.6 is 0 Å². The summed E-state index contributed by atoms with van der Waals surface area (Å²) in [5, 5.41) is 0. The summed E-state index contributed by atoms with van der Waals surface area (Å²) in [6.07, 6.45) is 0.895. The van der Waals surface area contributed by atoms with Gasteiger partial charge in [-0.25, -0.2) is 4.85 Å². The second-order valence-corrected chi connectivity index (χ2v) is 5.44. The molecule has 0 aromatic heterocycles. The molecule has 2 aromatic carbocycles. The molecule has 23 heavy (non-hydrogen) atoms. The minimum absolute atomic E-state index is 0.0846. The van der Waals surface area contributed by atoms with Crippen LogP contribution in [0.25, 0.3) is 4.85 Å². The largest absolute Gasteiger partial charge is 0.457 e. The lowest BCUT2D eigenvalue weighted by molar-refractivity contribution is 0.112. The molecule has 4 nitrogen and oxygen atoms in total. The Bertz CT molecular complexity index is 720. The number of rotatable bonds is 6. The van der Waals surface area contributed by atoms with E-state index in [2.05, 4.69) is 4.85 Å². The van der Waals surface area contributed by atoms with Gasteiger partial charge in [0.1, 0.15) is 17.8 Å². The van der Waals surface area contributed by atoms with Gasteiger partial charge in [0, 0.05) is 11.7 Å². The van der Waals surface area contributed by atoms with Crippen molar-refractivity contribution in [1.29, 1.82) is 0 Å². The second kappa shape index (κ2) is 7.62. The Morgan fingerprint density at radius 3 is 2.35 bits per heavy atom. The lowest BCUT2D eigenvalue weighted by Gasteiger charge is -2.16. The number of benzene rings is 2. The van der Waals surface area contributed by atoms with Gasteiger partial charge in [-0.2, -0.15) is 0 Å². The van der Waals surface area contributed by atoms with E-state index in [9.17, 15) is 4.79 Å². The molecule has 0 aliphatic heterocycles. The normalized spacial score (nSPS) is 10.2. The molecule has 0 spiro atoms. The van der Waals surface area contributed by atoms with E-state index in [1.165, 1.54) is 0 Å². The van der Waals surface area contributed by atoms with Gasteiger partial charge < -0.3 is 9.39 Å². The van der Waals surface area contributed by atoms with Crippen LogP contribution in [0.1, 0.15) is 24.2 Å². The van der Waals surface area contributed by atoms with Crippen molar-refractivity contribution in [2.75, 3.05) is 0 Å². The SMILES string of the molecule is [C-]#[N+]c1ccc(Oc2ccc(B(C)OC(C)C)c(C=O)c2)cc1. The Kier molecular flexibility index (Phi) is 5.56. The number of carbonyl (C=O) groups excluding carboxylic acids is 1. The van der Waals surface area contributed by atoms with Crippen LogP contribution in [-0.4, -0.2) is 19.3 Å². The highest BCUT2D eigenvalue weighted by Crippen LogP contribution is 2.24. The molecule has 0 unspecified atom stereocenters. The Labute approximate surface area is 137 Å². The summed E-state index contributed by atoms with van der Waals surface area (Å²) < 4.78 is 11.5. The third kappa shape index (κ3) is 4.45. The van der Waals surface area contributed by atoms with Crippen molar-refractivity contribution in [2.45, 2.75) is 26.8 Å². The molecule has 0 aliphatic rings. The number of ether oxygens (including phenoxy) is 1. The molecule has 0 saturated heterocycles. The van der Waals surface area contributed by atoms with Gasteiger partial charge in [0.15, 0.2) is 5.69 Å². The van der Waals surface area contributed by atoms with Crippen LogP contribution in [0, 0.1) is 6.57 Å². The molecule has 0 N–H and O–H groups in total. The first-order valence-corrected chi connectivity index (χ1v) is 7.43. The fourth-order valence-corrected chi connectivity index (χ4v) is 2.29. The molecule has 0 bridgehead atoms. The Balaban J connectivity index is 2.21. The van der Waals surface area contributed by atoms with E-state index >= 15 is 0 Å². The zero-order chi connectivity index (χ0) is 16.8. The summed E-state index contributed by atoms with van der Waals surface area (Å²) in [5.41, 5.74) is 1.94. The summed E-state index contributed by atoms with van der Waals surface area (Å²) >= 11 is 0. The van der Waals surface area contributed by atoms with E-state index in [0.717, 1.165) is 11.7 Å². The van der Waals surface area contributed by atoms with Crippen LogP contribution in [0.3, 0.4) is 0 Å². The highest BCUT2D eigenvalue weighted by Gasteiger charge is 2.18. The summed E-state index contributed by atoms with van der Waals surface area (Å²) in [5.74, 6) is 1.19. The molecular weight excluding hydrogens is 289 g/mol. The number of aldehydes is 1. The highest BCUT2D eigenvalue weighted by atomic mass is 16.5. The van der Waals surface area contributed by atoms with Crippen LogP contribution in [-0.2, 0) is 4.65 Å². The second-order valence-electron chi connectivity index (χ2n) is 5.44. The fourth-order valence-electron chi connectivity index (χ4n) is 2.29. The quantitative estimate of drug-likeness (QED) is 0.458. The smallest absolute Gasteiger partial charge is 0.324 e. The van der Waals surface area contributed by atoms with Gasteiger partial charge in [0.25, 0.3) is 0 Å². The topological polar surface area (TPSA) is 39.9 Å². The maximum Gasteiger partial charge on any atom is 0.324 e. The van der Waals surface area contributed by atoms with Crippen molar-refractivity contribution >= 4 is 24.4 Å². The lowest BCUT2D eigenvalue weighted by atomic mass is 9.62. The van der Waals surface area contributed by atoms with E-state index in [1.807, 2.05) is 32.8 Å². The number of carbonyl (C=O) groups is 1. The van der Waals surface area contributed by atoms with E-state index in [-0.39, 0.29) is 13.0 Å². The number of nitrogens with zero attached hydrogens (tertiary/aromatic N) is 1. The first kappa shape index (κ1) is 16.8. The Morgan fingerprint density at radius 2 is 1.78 bits per heavy atom. The molecule has 0 fully saturated rings. The standard InChI is InChI=1S/C18H18BNO3/c1-13(2)23-19(3)18-10-9-17(11-14(18)12-21)22-16-7-5-15(20-4)6-8-16/h5-13H,1-3H3. The number of hydrogen-bond acceptors (Lipinski definition) is 3. The Hall–Kier alpha value is -2.58. The summed E-state index contributed by atoms with van der Waals surface area (Å²) in [7, 11) is 0. The molecule has 5 heteroatoms. The molecule has 0 radical (unpaired) electrons. The van der Waals surface area contributed by atoms with E-state index in [1.54, 1.807) is 30.3 Å². The minimum Gasteiger partial charge on any atom is -0.457 e. The highest BCUT2D eigenvalue weighted by molar-refractivity contribution is 6.67. The van der Waals surface area contributed by atoms with Crippen molar-refractivity contribution in [3.05, 3.63) is 59.4 Å². The van der Waals surface area contributed by atoms with Gasteiger partial charge in [-0.3, -0.25) is 4.79 Å². The van der Waals surface area contributed by atoms with E-state index in [4.69, 9.17) is 16.0 Å². The summed E-state index contributed by atoms with van der Waals surface area (Å²) in [6, 6.07) is 12.2. The molecule has 2 rings (SSSR count). The molecular formula is C18H18BNO3. The van der Waals surface area contributed by atoms with Crippen LogP contribution < -0.4 is 10.2 Å². The predicted octanol–water partition coefficient (Wildman–Crippen LogP) is 4.10. The molecule has 0 heterocycles. The minimum atomic E-state index is -0.165. The van der Waals surface area contributed by atoms with Gasteiger partial charge >= 0.3 is 6.92 Å². The van der Waals surface area contributed by atoms with Gasteiger partial charge in [-0.1, -0.05) is 25.0 Å². The van der Waals surface area contributed by atoms with Crippen LogP contribution in [0.5, 0.6) is 11.5 Å². The monoisotopic (exact) mass is 307 g/mol. The first-order chi connectivity index (χ1) is 11.0. The van der Waals surface area contributed by atoms with Crippen molar-refractivity contribution in [3.8, 4) is 11.5 Å². The van der Waals surface area contributed by atoms with E-state index < -0.39 is 0 Å². The van der Waals surface area contributed by atoms with Crippen LogP contribution in [0.2, 0.25) is 6.82 Å². The van der Waals surface area contributed by atoms with Gasteiger partial charge in [0.2, 0.25) is 0 Å². The van der Waals surface area contributed by atoms with Gasteiger partial charge in [0.05, 0.1) is 6.57 Å². The molecule has 116 valence electrons. The average Bonchev–Trinajstić information content (AvgIpc) is 2.54. The van der Waals surface area contributed by atoms with Gasteiger partial charge in [-0.05, 0) is 43.6 Å².